The van der Waals surface area contributed by atoms with Gasteiger partial charge in [-0.05, 0) is 47.7 Å². The number of carbonyl (C=O) groups excluding carboxylic acids is 1. The SMILES string of the molecule is N=C1/C(=C\c2ccc(SCc3ccco3)o2)C(=O)N=C2SC(Cc3ccccc3)=NN12. The number of benzene rings is 1. The van der Waals surface area contributed by atoms with E-state index in [0.29, 0.717) is 28.2 Å². The molecule has 2 aliphatic rings. The summed E-state index contributed by atoms with van der Waals surface area (Å²) in [6.45, 7) is 0. The summed E-state index contributed by atoms with van der Waals surface area (Å²) < 4.78 is 11.1. The maximum atomic E-state index is 12.6. The highest BCUT2D eigenvalue weighted by Crippen LogP contribution is 2.31. The highest BCUT2D eigenvalue weighted by atomic mass is 32.2. The predicted octanol–water partition coefficient (Wildman–Crippen LogP) is 5.03. The van der Waals surface area contributed by atoms with E-state index in [2.05, 4.69) is 10.1 Å². The molecule has 5 rings (SSSR count). The summed E-state index contributed by atoms with van der Waals surface area (Å²) in [5.74, 6) is 1.49. The van der Waals surface area contributed by atoms with Gasteiger partial charge in [0.15, 0.2) is 10.9 Å². The van der Waals surface area contributed by atoms with Crippen molar-refractivity contribution in [1.82, 2.24) is 5.01 Å². The molecule has 0 unspecified atom stereocenters. The number of amidine groups is 2. The number of hydrogen-bond donors (Lipinski definition) is 1. The lowest BCUT2D eigenvalue weighted by molar-refractivity contribution is -0.114. The summed E-state index contributed by atoms with van der Waals surface area (Å²) in [4.78, 5) is 16.7. The number of hydrazone groups is 1. The van der Waals surface area contributed by atoms with E-state index in [1.807, 2.05) is 48.5 Å². The largest absolute Gasteiger partial charge is 0.468 e. The zero-order chi connectivity index (χ0) is 21.2. The topological polar surface area (TPSA) is 95.2 Å². The van der Waals surface area contributed by atoms with Crippen LogP contribution in [0.3, 0.4) is 0 Å². The van der Waals surface area contributed by atoms with Crippen LogP contribution in [-0.2, 0) is 17.0 Å². The second-order valence-corrected chi connectivity index (χ2v) is 8.72. The first-order chi connectivity index (χ1) is 15.2. The van der Waals surface area contributed by atoms with E-state index in [4.69, 9.17) is 14.2 Å². The van der Waals surface area contributed by atoms with E-state index >= 15 is 0 Å². The zero-order valence-electron chi connectivity index (χ0n) is 16.1. The second kappa shape index (κ2) is 8.44. The number of hydrogen-bond acceptors (Lipinski definition) is 7. The Bertz CT molecular complexity index is 1230. The van der Waals surface area contributed by atoms with Crippen LogP contribution in [-0.4, -0.2) is 27.0 Å². The lowest BCUT2D eigenvalue weighted by Gasteiger charge is -2.19. The molecule has 2 aliphatic heterocycles. The minimum atomic E-state index is -0.471. The fourth-order valence-corrected chi connectivity index (χ4v) is 4.73. The standard InChI is InChI=1S/C22H16N4O3S2/c23-20-17(12-15-8-9-19(29-15)30-13-16-7-4-10-28-16)21(27)24-22-26(20)25-18(31-22)11-14-5-2-1-3-6-14/h1-10,12,23H,11,13H2/b17-12+,23-20?. The van der Waals surface area contributed by atoms with Crippen molar-refractivity contribution in [2.75, 3.05) is 0 Å². The van der Waals surface area contributed by atoms with Crippen LogP contribution in [0.15, 0.2) is 90.5 Å². The summed E-state index contributed by atoms with van der Waals surface area (Å²) in [7, 11) is 0. The number of nitrogens with zero attached hydrogens (tertiary/aromatic N) is 3. The molecule has 31 heavy (non-hydrogen) atoms. The number of aliphatic imine (C=N–C) groups is 1. The van der Waals surface area contributed by atoms with Crippen LogP contribution >= 0.6 is 23.5 Å². The Morgan fingerprint density at radius 2 is 2.00 bits per heavy atom. The number of amides is 1. The minimum Gasteiger partial charge on any atom is -0.468 e. The molecule has 0 saturated heterocycles. The van der Waals surface area contributed by atoms with Crippen molar-refractivity contribution >= 4 is 51.6 Å². The monoisotopic (exact) mass is 448 g/mol. The number of fused-ring (bicyclic) bond motifs is 1. The molecule has 0 radical (unpaired) electrons. The predicted molar refractivity (Wildman–Crippen MR) is 122 cm³/mol. The zero-order valence-corrected chi connectivity index (χ0v) is 17.8. The summed E-state index contributed by atoms with van der Waals surface area (Å²) >= 11 is 2.80. The molecule has 154 valence electrons. The fourth-order valence-electron chi connectivity index (χ4n) is 3.04. The molecule has 0 spiro atoms. The summed E-state index contributed by atoms with van der Waals surface area (Å²) in [6, 6.07) is 17.3. The van der Waals surface area contributed by atoms with Gasteiger partial charge in [-0.25, -0.2) is 0 Å². The van der Waals surface area contributed by atoms with Crippen LogP contribution in [0.1, 0.15) is 17.1 Å². The first-order valence-electron chi connectivity index (χ1n) is 9.44. The normalized spacial score (nSPS) is 17.2. The van der Waals surface area contributed by atoms with E-state index in [1.165, 1.54) is 34.6 Å². The Labute approximate surface area is 186 Å². The third kappa shape index (κ3) is 4.28. The van der Waals surface area contributed by atoms with Gasteiger partial charge >= 0.3 is 0 Å². The van der Waals surface area contributed by atoms with E-state index < -0.39 is 5.91 Å². The molecule has 0 saturated carbocycles. The van der Waals surface area contributed by atoms with Crippen LogP contribution in [0.4, 0.5) is 0 Å². The molecular formula is C22H16N4O3S2. The van der Waals surface area contributed by atoms with Crippen LogP contribution in [0.5, 0.6) is 0 Å². The second-order valence-electron chi connectivity index (χ2n) is 6.70. The van der Waals surface area contributed by atoms with Crippen molar-refractivity contribution in [1.29, 1.82) is 5.41 Å². The average Bonchev–Trinajstić information content (AvgIpc) is 3.52. The molecule has 0 bridgehead atoms. The van der Waals surface area contributed by atoms with Gasteiger partial charge in [0.1, 0.15) is 16.6 Å². The Balaban J connectivity index is 1.31. The van der Waals surface area contributed by atoms with Crippen molar-refractivity contribution in [3.63, 3.8) is 0 Å². The van der Waals surface area contributed by atoms with Crippen molar-refractivity contribution < 1.29 is 13.6 Å². The number of nitrogens with one attached hydrogen (secondary N) is 1. The van der Waals surface area contributed by atoms with Gasteiger partial charge in [-0.15, -0.1) is 0 Å². The van der Waals surface area contributed by atoms with Crippen LogP contribution in [0.25, 0.3) is 6.08 Å². The maximum Gasteiger partial charge on any atom is 0.283 e. The van der Waals surface area contributed by atoms with E-state index in [9.17, 15) is 4.79 Å². The van der Waals surface area contributed by atoms with Gasteiger partial charge in [-0.1, -0.05) is 42.1 Å². The molecule has 1 amide bonds. The van der Waals surface area contributed by atoms with E-state index in [1.54, 1.807) is 12.3 Å². The number of carbonyl (C=O) groups is 1. The lowest BCUT2D eigenvalue weighted by Crippen LogP contribution is -2.35. The lowest BCUT2D eigenvalue weighted by atomic mass is 10.1. The van der Waals surface area contributed by atoms with Gasteiger partial charge in [0, 0.05) is 6.42 Å². The third-order valence-electron chi connectivity index (χ3n) is 4.52. The highest BCUT2D eigenvalue weighted by Gasteiger charge is 2.35. The Hall–Kier alpha value is -3.30. The van der Waals surface area contributed by atoms with Crippen LogP contribution in [0.2, 0.25) is 0 Å². The molecule has 0 atom stereocenters. The molecule has 2 aromatic heterocycles. The van der Waals surface area contributed by atoms with Gasteiger partial charge in [0.05, 0.1) is 17.6 Å². The van der Waals surface area contributed by atoms with E-state index in [-0.39, 0.29) is 11.4 Å². The number of rotatable bonds is 6. The molecule has 7 nitrogen and oxygen atoms in total. The van der Waals surface area contributed by atoms with Gasteiger partial charge in [0.2, 0.25) is 5.17 Å². The molecule has 4 heterocycles. The Kier molecular flexibility index (Phi) is 5.35. The molecule has 9 heteroatoms. The number of furan rings is 2. The van der Waals surface area contributed by atoms with Crippen molar-refractivity contribution in [2.24, 2.45) is 10.1 Å². The summed E-state index contributed by atoms with van der Waals surface area (Å²) in [6.07, 6.45) is 3.79. The summed E-state index contributed by atoms with van der Waals surface area (Å²) in [5.41, 5.74) is 1.25. The Morgan fingerprint density at radius 1 is 1.13 bits per heavy atom. The van der Waals surface area contributed by atoms with Crippen molar-refractivity contribution in [2.45, 2.75) is 17.3 Å². The molecule has 0 aliphatic carbocycles. The molecule has 0 fully saturated rings. The quantitative estimate of drug-likeness (QED) is 0.420. The molecule has 3 aromatic rings. The van der Waals surface area contributed by atoms with Crippen LogP contribution in [0, 0.1) is 5.41 Å². The first-order valence-corrected chi connectivity index (χ1v) is 11.2. The van der Waals surface area contributed by atoms with Gasteiger partial charge in [-0.2, -0.15) is 15.1 Å². The third-order valence-corrected chi connectivity index (χ3v) is 6.36. The number of thioether (sulfide) groups is 2. The minimum absolute atomic E-state index is 0.00764. The Morgan fingerprint density at radius 3 is 2.81 bits per heavy atom. The fraction of sp³-hybridized carbons (Fsp3) is 0.0909. The van der Waals surface area contributed by atoms with Crippen molar-refractivity contribution in [3.8, 4) is 0 Å². The van der Waals surface area contributed by atoms with Gasteiger partial charge in [-0.3, -0.25) is 10.2 Å². The van der Waals surface area contributed by atoms with Gasteiger partial charge < -0.3 is 8.83 Å². The molecular weight excluding hydrogens is 432 g/mol. The van der Waals surface area contributed by atoms with Gasteiger partial charge in [0.25, 0.3) is 5.91 Å². The smallest absolute Gasteiger partial charge is 0.283 e. The van der Waals surface area contributed by atoms with Crippen LogP contribution < -0.4 is 0 Å². The average molecular weight is 449 g/mol. The molecule has 1 aromatic carbocycles. The van der Waals surface area contributed by atoms with Crippen molar-refractivity contribution in [3.05, 3.63) is 83.5 Å². The molecule has 1 N–H and O–H groups in total. The van der Waals surface area contributed by atoms with E-state index in [0.717, 1.165) is 16.4 Å². The first kappa shape index (κ1) is 19.7. The highest BCUT2D eigenvalue weighted by molar-refractivity contribution is 8.26. The maximum absolute atomic E-state index is 12.6. The summed E-state index contributed by atoms with van der Waals surface area (Å²) in [5, 5.41) is 16.3.